The third-order valence-electron chi connectivity index (χ3n) is 18.5. The number of unbranched alkanes of at least 4 members (excludes halogenated alkanes) is 4. The summed E-state index contributed by atoms with van der Waals surface area (Å²) in [5.41, 5.74) is 10.6. The smallest absolute Gasteiger partial charge is 0.336 e. The Morgan fingerprint density at radius 1 is 0.496 bits per heavy atom. The van der Waals surface area contributed by atoms with Crippen molar-refractivity contribution < 1.29 is 62.9 Å². The number of rotatable bonds is 30. The molecule has 9 heterocycles. The number of nitrogens with one attached hydrogen (secondary N) is 9. The van der Waals surface area contributed by atoms with Crippen molar-refractivity contribution in [1.29, 1.82) is 0 Å². The van der Waals surface area contributed by atoms with E-state index in [-0.39, 0.29) is 110 Å². The summed E-state index contributed by atoms with van der Waals surface area (Å²) in [6.45, 7) is 0.873. The number of phenolic OH excluding ortho intramolecular Hbond substituents is 1. The third kappa shape index (κ3) is 18.7. The number of amidine groups is 1. The Morgan fingerprint density at radius 2 is 0.991 bits per heavy atom. The minimum absolute atomic E-state index is 0.00726. The van der Waals surface area contributed by atoms with Gasteiger partial charge in [-0.2, -0.15) is 4.99 Å². The van der Waals surface area contributed by atoms with E-state index < -0.39 is 59.3 Å². The van der Waals surface area contributed by atoms with E-state index in [0.29, 0.717) is 68.8 Å². The highest BCUT2D eigenvalue weighted by atomic mass is 32.1. The summed E-state index contributed by atoms with van der Waals surface area (Å²) in [4.78, 5) is 153. The van der Waals surface area contributed by atoms with Gasteiger partial charge in [-0.05, 0) is 91.6 Å². The zero-order chi connectivity index (χ0) is 82.2. The highest BCUT2D eigenvalue weighted by Gasteiger charge is 2.27. The minimum Gasteiger partial charge on any atom is -0.508 e. The van der Waals surface area contributed by atoms with Gasteiger partial charge in [0, 0.05) is 160 Å². The normalized spacial score (nSPS) is 11.9. The van der Waals surface area contributed by atoms with Crippen LogP contribution < -0.4 is 59.0 Å². The SMILES string of the molecule is Cn1cc(NC(=O)c2cc(NC(=O)c3cc(NC(=O)c4nc(N=C(O)[C@H](N)CCNC(=O)c5cc(NC(=O)c6cc(NC(=O)c7nc(NC(=O)c8nccn8C)cn7C)cn6C)cn5C)cn4C)cn3C)cn2C)cc1C(=O)NCCCCCCCN=C(S)Nc1ccc(-c2c3ccc(=O)cc-3oc3cc(O)ccc23)c(C(=O)O)c1. The Morgan fingerprint density at radius 3 is 1.54 bits per heavy atom. The molecular weight excluding hydrogens is 1500 g/mol. The molecule has 0 bridgehead atoms. The van der Waals surface area contributed by atoms with Crippen LogP contribution in [0, 0.1) is 0 Å². The molecule has 0 radical (unpaired) electrons. The Labute approximate surface area is 659 Å². The Bertz CT molecular complexity index is 5910. The molecule has 12 rings (SSSR count). The average molecular weight is 1580 g/mol. The lowest BCUT2D eigenvalue weighted by molar-refractivity contribution is 0.0695. The van der Waals surface area contributed by atoms with Crippen LogP contribution in [0.25, 0.3) is 33.4 Å². The van der Waals surface area contributed by atoms with Crippen molar-refractivity contribution in [2.45, 2.75) is 44.6 Å². The van der Waals surface area contributed by atoms with Gasteiger partial charge in [-0.3, -0.25) is 48.1 Å². The fourth-order valence-electron chi connectivity index (χ4n) is 12.8. The monoisotopic (exact) mass is 1580 g/mol. The molecule has 14 N–H and O–H groups in total. The lowest BCUT2D eigenvalue weighted by Crippen LogP contribution is -2.36. The van der Waals surface area contributed by atoms with Crippen molar-refractivity contribution in [2.24, 2.45) is 72.1 Å². The largest absolute Gasteiger partial charge is 0.508 e. The number of carboxylic acid groups (broad SMARTS) is 1. The first kappa shape index (κ1) is 80.0. The van der Waals surface area contributed by atoms with Crippen molar-refractivity contribution in [1.82, 2.24) is 62.1 Å². The fraction of sp³-hybridized carbons (Fsp3) is 0.234. The zero-order valence-electron chi connectivity index (χ0n) is 63.4. The molecule has 8 aromatic heterocycles. The average Bonchev–Trinajstić information content (AvgIpc) is 1.68. The van der Waals surface area contributed by atoms with Gasteiger partial charge in [0.1, 0.15) is 45.6 Å². The maximum absolute atomic E-state index is 13.7. The molecule has 2 aromatic carbocycles. The first-order valence-electron chi connectivity index (χ1n) is 35.8. The number of nitrogens with two attached hydrogens (primary N) is 1. The summed E-state index contributed by atoms with van der Waals surface area (Å²) in [5, 5.41) is 57.4. The van der Waals surface area contributed by atoms with Gasteiger partial charge < -0.3 is 110 Å². The summed E-state index contributed by atoms with van der Waals surface area (Å²) < 4.78 is 17.9. The van der Waals surface area contributed by atoms with Crippen molar-refractivity contribution in [3.8, 4) is 28.2 Å². The molecule has 2 aliphatic rings. The standard InChI is InChI=1S/C77H81N23O14S/c1-93-25-24-79-64(93)73(109)92-62-40-100(8)66(90-62)75(111)87-46-30-57(97(5)38-46)71(107)84-43-28-55(95(3)35-43)69(105)81-23-20-53(78)67(103)91-61-39-99(7)65(89-61)74(110)86-45-31-58(98(6)37-45)72(108)85-44-29-56(96(4)36-44)70(106)83-42-27-54(94(2)34-42)68(104)80-21-12-10-9-11-13-22-82-77(115)88-41-14-17-49(52(26-41)76(112)113)63-50-18-15-47(101)32-59(50)114-60-33-48(102)16-19-51(60)63/h14-19,24-40,53,101H,9-13,20-23,78H2,1-8H3,(H,80,104)(H,81,105)(H,83,106)(H,84,107)(H,85,108)(H,86,110)(H,87,111)(H,91,103)(H,92,109)(H,112,113)(H2,82,88,115)/t53-/m1/s1. The molecule has 0 saturated carbocycles. The van der Waals surface area contributed by atoms with E-state index in [1.54, 1.807) is 103 Å². The molecule has 1 atom stereocenters. The number of amides is 8. The predicted molar refractivity (Wildman–Crippen MR) is 433 cm³/mol. The maximum Gasteiger partial charge on any atom is 0.336 e. The third-order valence-corrected chi connectivity index (χ3v) is 18.8. The van der Waals surface area contributed by atoms with E-state index in [2.05, 4.69) is 85.4 Å². The molecule has 37 nitrogen and oxygen atoms in total. The number of hydrogen-bond acceptors (Lipinski definition) is 18. The van der Waals surface area contributed by atoms with Crippen molar-refractivity contribution in [3.05, 3.63) is 202 Å². The number of thiol groups is 1. The molecule has 1 aliphatic heterocycles. The van der Waals surface area contributed by atoms with Crippen LogP contribution >= 0.6 is 12.6 Å². The van der Waals surface area contributed by atoms with Crippen LogP contribution in [0.15, 0.2) is 160 Å². The van der Waals surface area contributed by atoms with Gasteiger partial charge in [0.2, 0.25) is 17.5 Å². The second kappa shape index (κ2) is 34.4. The van der Waals surface area contributed by atoms with E-state index in [4.69, 9.17) is 10.2 Å². The van der Waals surface area contributed by atoms with Crippen molar-refractivity contribution in [3.63, 3.8) is 0 Å². The minimum atomic E-state index is -1.18. The first-order valence-corrected chi connectivity index (χ1v) is 36.3. The number of anilines is 7. The molecule has 0 fully saturated rings. The number of aliphatic hydroxyl groups excluding tert-OH is 1. The van der Waals surface area contributed by atoms with Gasteiger partial charge in [-0.1, -0.05) is 25.3 Å². The van der Waals surface area contributed by atoms with E-state index in [1.165, 1.54) is 131 Å². The molecule has 10 aromatic rings. The number of benzene rings is 3. The van der Waals surface area contributed by atoms with Gasteiger partial charge in [0.05, 0.1) is 46.2 Å². The second-order valence-corrected chi connectivity index (χ2v) is 27.6. The van der Waals surface area contributed by atoms with Gasteiger partial charge in [0.15, 0.2) is 28.1 Å². The number of hydrogen-bond donors (Lipinski definition) is 14. The van der Waals surface area contributed by atoms with Crippen LogP contribution in [0.3, 0.4) is 0 Å². The molecule has 1 aliphatic carbocycles. The number of carboxylic acids is 1. The molecule has 38 heteroatoms. The number of aromatic nitrogens is 11. The predicted octanol–water partition coefficient (Wildman–Crippen LogP) is 8.19. The van der Waals surface area contributed by atoms with Crippen LogP contribution in [-0.4, -0.2) is 157 Å². The van der Waals surface area contributed by atoms with Gasteiger partial charge in [-0.25, -0.2) is 19.7 Å². The van der Waals surface area contributed by atoms with E-state index in [9.17, 15) is 63.3 Å². The zero-order valence-corrected chi connectivity index (χ0v) is 64.3. The number of fused-ring (bicyclic) bond motifs is 2. The lowest BCUT2D eigenvalue weighted by atomic mass is 9.90. The first-order chi connectivity index (χ1) is 54.9. The highest BCUT2D eigenvalue weighted by Crippen LogP contribution is 2.43. The molecule has 115 heavy (non-hydrogen) atoms. The number of imidazole rings is 3. The Balaban J connectivity index is 0.543. The lowest BCUT2D eigenvalue weighted by Gasteiger charge is -2.17. The number of aliphatic imine (C=N–C) groups is 2. The second-order valence-electron chi connectivity index (χ2n) is 27.2. The fourth-order valence-corrected chi connectivity index (χ4v) is 13.0. The Hall–Kier alpha value is -14.6. The number of carbonyl (C=O) groups excluding carboxylic acids is 8. The summed E-state index contributed by atoms with van der Waals surface area (Å²) in [7, 11) is 12.9. The van der Waals surface area contributed by atoms with Crippen LogP contribution in [0.4, 0.5) is 45.8 Å². The summed E-state index contributed by atoms with van der Waals surface area (Å²) in [6, 6.07) is 20.0. The molecule has 0 unspecified atom stereocenters. The van der Waals surface area contributed by atoms with Crippen LogP contribution in [0.5, 0.6) is 5.75 Å². The maximum atomic E-state index is 13.7. The van der Waals surface area contributed by atoms with Crippen molar-refractivity contribution in [2.75, 3.05) is 56.9 Å². The molecule has 0 spiro atoms. The summed E-state index contributed by atoms with van der Waals surface area (Å²) in [5.74, 6) is -5.68. The van der Waals surface area contributed by atoms with E-state index in [1.807, 2.05) is 0 Å². The number of carbonyl (C=O) groups is 9. The van der Waals surface area contributed by atoms with Gasteiger partial charge in [-0.15, -0.1) is 12.6 Å². The molecule has 0 saturated heterocycles. The number of aliphatic hydroxyl groups is 1. The number of aryl methyl sites for hydroxylation is 8. The van der Waals surface area contributed by atoms with Crippen LogP contribution in [0.2, 0.25) is 0 Å². The van der Waals surface area contributed by atoms with Crippen molar-refractivity contribution >= 4 is 134 Å². The molecule has 594 valence electrons. The molecule has 8 amide bonds. The number of aromatic hydroxyl groups is 1. The topological polar surface area (TPSA) is 482 Å². The summed E-state index contributed by atoms with van der Waals surface area (Å²) >= 11 is 4.50. The quantitative estimate of drug-likeness (QED) is 0.00663. The van der Waals surface area contributed by atoms with Gasteiger partial charge in [0.25, 0.3) is 47.3 Å². The molecular formula is C77H81N23O14S. The number of phenols is 1. The highest BCUT2D eigenvalue weighted by molar-refractivity contribution is 7.97. The number of nitrogens with zero attached hydrogens (tertiary/aromatic N) is 13. The van der Waals surface area contributed by atoms with Gasteiger partial charge >= 0.3 is 5.97 Å². The summed E-state index contributed by atoms with van der Waals surface area (Å²) in [6.07, 6.45) is 17.8. The van der Waals surface area contributed by atoms with Crippen LogP contribution in [0.1, 0.15) is 133 Å². The van der Waals surface area contributed by atoms with E-state index >= 15 is 0 Å². The van der Waals surface area contributed by atoms with E-state index in [0.717, 1.165) is 32.1 Å². The van der Waals surface area contributed by atoms with Crippen LogP contribution in [-0.2, 0) is 56.4 Å². The Kier molecular flexibility index (Phi) is 23.9. The number of aromatic carboxylic acids is 1.